The van der Waals surface area contributed by atoms with Crippen LogP contribution in [0, 0.1) is 9.39 Å². The van der Waals surface area contributed by atoms with Crippen molar-refractivity contribution >= 4 is 56.5 Å². The molecule has 0 N–H and O–H groups in total. The molecule has 0 unspecified atom stereocenters. The van der Waals surface area contributed by atoms with Crippen molar-refractivity contribution in [3.05, 3.63) is 96.9 Å². The smallest absolute Gasteiger partial charge is 0.363 e. The molecular weight excluding hydrogens is 604 g/mol. The van der Waals surface area contributed by atoms with Crippen LogP contribution in [0.3, 0.4) is 0 Å². The lowest BCUT2D eigenvalue weighted by atomic mass is 10.1. The van der Waals surface area contributed by atoms with Crippen LogP contribution < -0.4 is 9.47 Å². The minimum atomic E-state index is -0.523. The predicted octanol–water partition coefficient (Wildman–Crippen LogP) is 6.52. The average Bonchev–Trinajstić information content (AvgIpc) is 3.15. The van der Waals surface area contributed by atoms with Crippen molar-refractivity contribution in [2.75, 3.05) is 6.61 Å². The average molecular weight is 622 g/mol. The van der Waals surface area contributed by atoms with E-state index in [-0.39, 0.29) is 24.0 Å². The third-order valence-corrected chi connectivity index (χ3v) is 6.15. The highest BCUT2D eigenvalue weighted by Gasteiger charge is 2.25. The maximum absolute atomic E-state index is 13.1. The molecule has 0 fully saturated rings. The number of hydrogen-bond donors (Lipinski definition) is 0. The van der Waals surface area contributed by atoms with Gasteiger partial charge in [-0.2, -0.15) is 0 Å². The van der Waals surface area contributed by atoms with Crippen LogP contribution in [0.2, 0.25) is 0 Å². The van der Waals surface area contributed by atoms with E-state index in [1.54, 1.807) is 24.3 Å². The second kappa shape index (κ2) is 10.5. The predicted molar refractivity (Wildman–Crippen MR) is 136 cm³/mol. The number of aliphatic imine (C=N–C) groups is 1. The number of nitrogens with zero attached hydrogens (tertiary/aromatic N) is 1. The fourth-order valence-corrected chi connectivity index (χ4v) is 4.36. The van der Waals surface area contributed by atoms with Crippen molar-refractivity contribution in [1.29, 1.82) is 0 Å². The molecule has 0 aromatic heterocycles. The van der Waals surface area contributed by atoms with Gasteiger partial charge < -0.3 is 14.2 Å². The van der Waals surface area contributed by atoms with E-state index in [4.69, 9.17) is 14.2 Å². The Kier molecular flexibility index (Phi) is 7.44. The zero-order valence-corrected chi connectivity index (χ0v) is 21.2. The fourth-order valence-electron chi connectivity index (χ4n) is 3.13. The van der Waals surface area contributed by atoms with Gasteiger partial charge in [-0.3, -0.25) is 0 Å². The highest BCUT2D eigenvalue weighted by atomic mass is 127. The van der Waals surface area contributed by atoms with Gasteiger partial charge in [0.1, 0.15) is 12.4 Å². The summed E-state index contributed by atoms with van der Waals surface area (Å²) in [4.78, 5) is 16.8. The lowest BCUT2D eigenvalue weighted by Crippen LogP contribution is -2.06. The molecule has 3 aromatic rings. The number of carbonyl (C=O) groups excluding carboxylic acids is 1. The van der Waals surface area contributed by atoms with Gasteiger partial charge in [0.2, 0.25) is 5.90 Å². The van der Waals surface area contributed by atoms with E-state index in [9.17, 15) is 9.18 Å². The second-order valence-corrected chi connectivity index (χ2v) is 9.01. The summed E-state index contributed by atoms with van der Waals surface area (Å²) in [6, 6.07) is 17.2. The lowest BCUT2D eigenvalue weighted by Gasteiger charge is -2.15. The van der Waals surface area contributed by atoms with Crippen LogP contribution in [0.5, 0.6) is 11.5 Å². The summed E-state index contributed by atoms with van der Waals surface area (Å²) in [5.74, 6) is 0.551. The first-order valence-corrected chi connectivity index (χ1v) is 11.9. The molecule has 0 amide bonds. The Labute approximate surface area is 212 Å². The number of benzene rings is 3. The molecule has 0 saturated heterocycles. The largest absolute Gasteiger partial charge is 0.490 e. The van der Waals surface area contributed by atoms with Crippen LogP contribution >= 0.6 is 38.5 Å². The minimum Gasteiger partial charge on any atom is -0.490 e. The lowest BCUT2D eigenvalue weighted by molar-refractivity contribution is -0.129. The first kappa shape index (κ1) is 23.4. The third-order valence-electron chi connectivity index (χ3n) is 4.66. The van der Waals surface area contributed by atoms with Gasteiger partial charge in [0.15, 0.2) is 17.2 Å². The molecule has 0 aliphatic carbocycles. The fraction of sp³-hybridized carbons (Fsp3) is 0.120. The Balaban J connectivity index is 1.61. The Morgan fingerprint density at radius 2 is 1.88 bits per heavy atom. The molecule has 0 saturated carbocycles. The molecule has 3 aromatic carbocycles. The van der Waals surface area contributed by atoms with Gasteiger partial charge >= 0.3 is 5.97 Å². The molecule has 33 heavy (non-hydrogen) atoms. The number of ether oxygens (including phenoxy) is 3. The second-order valence-electron chi connectivity index (χ2n) is 6.99. The Morgan fingerprint density at radius 1 is 1.12 bits per heavy atom. The maximum atomic E-state index is 13.1. The minimum absolute atomic E-state index is 0.194. The number of carbonyl (C=O) groups is 1. The van der Waals surface area contributed by atoms with Gasteiger partial charge in [-0.25, -0.2) is 14.2 Å². The summed E-state index contributed by atoms with van der Waals surface area (Å²) in [6.07, 6.45) is 1.65. The van der Waals surface area contributed by atoms with Gasteiger partial charge in [0, 0.05) is 4.47 Å². The molecule has 0 spiro atoms. The zero-order valence-electron chi connectivity index (χ0n) is 17.5. The molecule has 0 radical (unpaired) electrons. The molecule has 0 atom stereocenters. The number of hydrogen-bond acceptors (Lipinski definition) is 5. The first-order chi connectivity index (χ1) is 15.9. The molecule has 0 bridgehead atoms. The molecular formula is C25H18BrFINO4. The van der Waals surface area contributed by atoms with Crippen LogP contribution in [0.25, 0.3) is 6.08 Å². The van der Waals surface area contributed by atoms with E-state index in [0.29, 0.717) is 23.7 Å². The van der Waals surface area contributed by atoms with E-state index >= 15 is 0 Å². The van der Waals surface area contributed by atoms with E-state index in [0.717, 1.165) is 19.2 Å². The number of esters is 1. The van der Waals surface area contributed by atoms with E-state index in [1.165, 1.54) is 12.1 Å². The molecule has 1 heterocycles. The molecule has 8 heteroatoms. The van der Waals surface area contributed by atoms with Crippen molar-refractivity contribution in [2.45, 2.75) is 13.5 Å². The summed E-state index contributed by atoms with van der Waals surface area (Å²) in [6.45, 7) is 2.59. The highest BCUT2D eigenvalue weighted by Crippen LogP contribution is 2.36. The van der Waals surface area contributed by atoms with Gasteiger partial charge in [-0.05, 0) is 99.0 Å². The number of halogens is 3. The van der Waals surface area contributed by atoms with Crippen molar-refractivity contribution in [1.82, 2.24) is 0 Å². The third kappa shape index (κ3) is 5.62. The van der Waals surface area contributed by atoms with E-state index < -0.39 is 5.97 Å². The van der Waals surface area contributed by atoms with E-state index in [2.05, 4.69) is 43.5 Å². The van der Waals surface area contributed by atoms with Crippen LogP contribution in [0.4, 0.5) is 4.39 Å². The summed E-state index contributed by atoms with van der Waals surface area (Å²) in [5, 5.41) is 0. The first-order valence-electron chi connectivity index (χ1n) is 10.1. The van der Waals surface area contributed by atoms with Gasteiger partial charge in [-0.1, -0.05) is 24.3 Å². The number of cyclic esters (lactones) is 1. The normalized spacial score (nSPS) is 14.2. The monoisotopic (exact) mass is 621 g/mol. The molecule has 1 aliphatic heterocycles. The van der Waals surface area contributed by atoms with Crippen molar-refractivity contribution in [2.24, 2.45) is 4.99 Å². The van der Waals surface area contributed by atoms with Crippen LogP contribution in [-0.4, -0.2) is 18.5 Å². The summed E-state index contributed by atoms with van der Waals surface area (Å²) >= 11 is 5.61. The van der Waals surface area contributed by atoms with Gasteiger partial charge in [-0.15, -0.1) is 0 Å². The van der Waals surface area contributed by atoms with Gasteiger partial charge in [0.05, 0.1) is 15.7 Å². The quantitative estimate of drug-likeness (QED) is 0.171. The van der Waals surface area contributed by atoms with E-state index in [1.807, 2.05) is 37.3 Å². The Morgan fingerprint density at radius 3 is 2.61 bits per heavy atom. The zero-order chi connectivity index (χ0) is 23.4. The van der Waals surface area contributed by atoms with Crippen molar-refractivity contribution in [3.8, 4) is 11.5 Å². The Hall–Kier alpha value is -2.72. The SMILES string of the molecule is CCOc1cc(/C=C2\N=C(c3ccccc3Br)OC2=O)cc(I)c1OCc1ccc(F)cc1. The standard InChI is InChI=1S/C25H18BrFINO4/c1-2-31-22-13-16(11-20(28)23(22)32-14-15-7-9-17(27)10-8-15)12-21-25(30)33-24(29-21)18-5-3-4-6-19(18)26/h3-13H,2,14H2,1H3/b21-12-. The Bertz CT molecular complexity index is 1260. The number of rotatable bonds is 7. The molecule has 168 valence electrons. The molecule has 5 nitrogen and oxygen atoms in total. The summed E-state index contributed by atoms with van der Waals surface area (Å²) in [5.41, 5.74) is 2.45. The summed E-state index contributed by atoms with van der Waals surface area (Å²) < 4.78 is 31.9. The van der Waals surface area contributed by atoms with Crippen molar-refractivity contribution in [3.63, 3.8) is 0 Å². The maximum Gasteiger partial charge on any atom is 0.363 e. The van der Waals surface area contributed by atoms with Gasteiger partial charge in [0.25, 0.3) is 0 Å². The highest BCUT2D eigenvalue weighted by molar-refractivity contribution is 14.1. The summed E-state index contributed by atoms with van der Waals surface area (Å²) in [7, 11) is 0. The van der Waals surface area contributed by atoms with Crippen LogP contribution in [0.15, 0.2) is 75.8 Å². The topological polar surface area (TPSA) is 57.1 Å². The molecule has 1 aliphatic rings. The van der Waals surface area contributed by atoms with Crippen LogP contribution in [0.1, 0.15) is 23.6 Å². The molecule has 4 rings (SSSR count). The van der Waals surface area contributed by atoms with Crippen LogP contribution in [-0.2, 0) is 16.1 Å². The van der Waals surface area contributed by atoms with Crippen molar-refractivity contribution < 1.29 is 23.4 Å².